The van der Waals surface area contributed by atoms with E-state index in [4.69, 9.17) is 0 Å². The Hall–Kier alpha value is -0.0800. The maximum atomic E-state index is 3.70. The first kappa shape index (κ1) is 15.0. The van der Waals surface area contributed by atoms with Gasteiger partial charge < -0.3 is 5.32 Å². The molecule has 0 aromatic heterocycles. The van der Waals surface area contributed by atoms with E-state index in [1.807, 2.05) is 0 Å². The lowest BCUT2D eigenvalue weighted by molar-refractivity contribution is 0.00346. The fourth-order valence-corrected chi connectivity index (χ4v) is 2.96. The van der Waals surface area contributed by atoms with E-state index < -0.39 is 0 Å². The van der Waals surface area contributed by atoms with Gasteiger partial charge in [-0.15, -0.1) is 0 Å². The molecule has 0 aromatic carbocycles. The number of piperazine rings is 1. The Morgan fingerprint density at radius 3 is 2.41 bits per heavy atom. The molecule has 1 fully saturated rings. The molecule has 1 rings (SSSR count). The van der Waals surface area contributed by atoms with Crippen molar-refractivity contribution >= 4 is 0 Å². The van der Waals surface area contributed by atoms with Crippen molar-refractivity contribution in [1.82, 2.24) is 10.2 Å². The summed E-state index contributed by atoms with van der Waals surface area (Å²) < 4.78 is 0. The molecule has 17 heavy (non-hydrogen) atoms. The third-order valence-electron chi connectivity index (χ3n) is 4.02. The van der Waals surface area contributed by atoms with Crippen LogP contribution in [0.1, 0.15) is 61.3 Å². The Kier molecular flexibility index (Phi) is 4.65. The summed E-state index contributed by atoms with van der Waals surface area (Å²) in [4.78, 5) is 2.74. The van der Waals surface area contributed by atoms with Crippen LogP contribution in [0.2, 0.25) is 0 Å². The maximum absolute atomic E-state index is 3.70. The van der Waals surface area contributed by atoms with Gasteiger partial charge in [-0.2, -0.15) is 0 Å². The van der Waals surface area contributed by atoms with Crippen LogP contribution in [-0.2, 0) is 0 Å². The molecule has 2 unspecified atom stereocenters. The van der Waals surface area contributed by atoms with Crippen LogP contribution < -0.4 is 5.32 Å². The summed E-state index contributed by atoms with van der Waals surface area (Å²) >= 11 is 0. The van der Waals surface area contributed by atoms with Crippen molar-refractivity contribution < 1.29 is 0 Å². The summed E-state index contributed by atoms with van der Waals surface area (Å²) in [7, 11) is 0. The summed E-state index contributed by atoms with van der Waals surface area (Å²) in [6, 6.07) is 1.35. The van der Waals surface area contributed by atoms with E-state index in [2.05, 4.69) is 58.7 Å². The highest BCUT2D eigenvalue weighted by Crippen LogP contribution is 2.31. The second-order valence-electron chi connectivity index (χ2n) is 7.46. The van der Waals surface area contributed by atoms with Gasteiger partial charge in [0.05, 0.1) is 0 Å². The minimum atomic E-state index is 0.254. The van der Waals surface area contributed by atoms with Crippen molar-refractivity contribution in [3.8, 4) is 0 Å². The van der Waals surface area contributed by atoms with Crippen molar-refractivity contribution in [1.29, 1.82) is 0 Å². The van der Waals surface area contributed by atoms with Gasteiger partial charge in [-0.1, -0.05) is 34.1 Å². The van der Waals surface area contributed by atoms with E-state index in [0.29, 0.717) is 17.5 Å². The largest absolute Gasteiger partial charge is 0.309 e. The van der Waals surface area contributed by atoms with E-state index >= 15 is 0 Å². The third-order valence-corrected chi connectivity index (χ3v) is 4.02. The number of nitrogens with zero attached hydrogens (tertiary/aromatic N) is 1. The van der Waals surface area contributed by atoms with Crippen LogP contribution in [0, 0.1) is 5.41 Å². The van der Waals surface area contributed by atoms with Crippen molar-refractivity contribution in [3.05, 3.63) is 0 Å². The first-order valence-corrected chi connectivity index (χ1v) is 7.18. The van der Waals surface area contributed by atoms with Crippen molar-refractivity contribution in [2.45, 2.75) is 78.9 Å². The molecule has 0 saturated carbocycles. The lowest BCUT2D eigenvalue weighted by Crippen LogP contribution is -2.66. The first-order valence-electron chi connectivity index (χ1n) is 7.18. The molecular weight excluding hydrogens is 208 g/mol. The van der Waals surface area contributed by atoms with Crippen LogP contribution in [0.4, 0.5) is 0 Å². The van der Waals surface area contributed by atoms with Gasteiger partial charge in [-0.05, 0) is 32.6 Å². The average Bonchev–Trinajstić information content (AvgIpc) is 2.14. The highest BCUT2D eigenvalue weighted by atomic mass is 15.3. The molecule has 0 radical (unpaired) electrons. The SMILES string of the molecule is CCCC(C)N1CC(C)(C)NCC1C(C)(C)C. The number of hydrogen-bond donors (Lipinski definition) is 1. The molecule has 102 valence electrons. The molecule has 0 spiro atoms. The Morgan fingerprint density at radius 2 is 1.94 bits per heavy atom. The molecule has 2 nitrogen and oxygen atoms in total. The highest BCUT2D eigenvalue weighted by Gasteiger charge is 2.39. The molecule has 0 aromatic rings. The second kappa shape index (κ2) is 5.27. The van der Waals surface area contributed by atoms with Crippen molar-refractivity contribution in [3.63, 3.8) is 0 Å². The van der Waals surface area contributed by atoms with Crippen LogP contribution in [0.25, 0.3) is 0 Å². The standard InChI is InChI=1S/C15H32N2/c1-8-9-12(2)17-11-15(6,7)16-10-13(17)14(3,4)5/h12-13,16H,8-11H2,1-7H3. The Morgan fingerprint density at radius 1 is 1.35 bits per heavy atom. The summed E-state index contributed by atoms with van der Waals surface area (Å²) in [5, 5.41) is 3.70. The zero-order valence-corrected chi connectivity index (χ0v) is 12.9. The monoisotopic (exact) mass is 240 g/mol. The van der Waals surface area contributed by atoms with Gasteiger partial charge in [0.15, 0.2) is 0 Å². The van der Waals surface area contributed by atoms with Gasteiger partial charge in [0.1, 0.15) is 0 Å². The summed E-state index contributed by atoms with van der Waals surface area (Å²) in [6.07, 6.45) is 2.59. The Balaban J connectivity index is 2.82. The van der Waals surface area contributed by atoms with E-state index in [-0.39, 0.29) is 5.54 Å². The van der Waals surface area contributed by atoms with E-state index in [0.717, 1.165) is 13.1 Å². The predicted octanol–water partition coefficient (Wildman–Crippen LogP) is 3.27. The molecule has 1 aliphatic heterocycles. The molecule has 0 bridgehead atoms. The highest BCUT2D eigenvalue weighted by molar-refractivity contribution is 4.98. The van der Waals surface area contributed by atoms with Gasteiger partial charge >= 0.3 is 0 Å². The fraction of sp³-hybridized carbons (Fsp3) is 1.00. The number of nitrogens with one attached hydrogen (secondary N) is 1. The van der Waals surface area contributed by atoms with Gasteiger partial charge in [-0.3, -0.25) is 4.90 Å². The minimum Gasteiger partial charge on any atom is -0.309 e. The molecule has 0 amide bonds. The third kappa shape index (κ3) is 3.96. The zero-order chi connectivity index (χ0) is 13.3. The summed E-state index contributed by atoms with van der Waals surface area (Å²) in [5.41, 5.74) is 0.606. The minimum absolute atomic E-state index is 0.254. The predicted molar refractivity (Wildman–Crippen MR) is 76.4 cm³/mol. The second-order valence-corrected chi connectivity index (χ2v) is 7.46. The molecule has 1 saturated heterocycles. The van der Waals surface area contributed by atoms with E-state index in [1.165, 1.54) is 12.8 Å². The molecule has 1 aliphatic rings. The van der Waals surface area contributed by atoms with Gasteiger partial charge in [0.2, 0.25) is 0 Å². The average molecular weight is 240 g/mol. The van der Waals surface area contributed by atoms with E-state index in [1.54, 1.807) is 0 Å². The molecule has 2 heteroatoms. The van der Waals surface area contributed by atoms with Crippen LogP contribution >= 0.6 is 0 Å². The van der Waals surface area contributed by atoms with Gasteiger partial charge in [-0.25, -0.2) is 0 Å². The summed E-state index contributed by atoms with van der Waals surface area (Å²) in [6.45, 7) is 18.7. The number of rotatable bonds is 3. The quantitative estimate of drug-likeness (QED) is 0.814. The van der Waals surface area contributed by atoms with Crippen LogP contribution in [0.15, 0.2) is 0 Å². The van der Waals surface area contributed by atoms with E-state index in [9.17, 15) is 0 Å². The fourth-order valence-electron chi connectivity index (χ4n) is 2.96. The topological polar surface area (TPSA) is 15.3 Å². The van der Waals surface area contributed by atoms with Crippen LogP contribution in [-0.4, -0.2) is 35.6 Å². The Bertz CT molecular complexity index is 240. The van der Waals surface area contributed by atoms with Crippen LogP contribution in [0.5, 0.6) is 0 Å². The normalized spacial score (nSPS) is 28.1. The van der Waals surface area contributed by atoms with Crippen molar-refractivity contribution in [2.75, 3.05) is 13.1 Å². The molecule has 1 heterocycles. The molecular formula is C15H32N2. The lowest BCUT2D eigenvalue weighted by atomic mass is 9.81. The number of hydrogen-bond acceptors (Lipinski definition) is 2. The zero-order valence-electron chi connectivity index (χ0n) is 12.9. The van der Waals surface area contributed by atoms with Gasteiger partial charge in [0.25, 0.3) is 0 Å². The van der Waals surface area contributed by atoms with Gasteiger partial charge in [0, 0.05) is 30.7 Å². The molecule has 1 N–H and O–H groups in total. The molecule has 0 aliphatic carbocycles. The first-order chi connectivity index (χ1) is 7.67. The maximum Gasteiger partial charge on any atom is 0.0272 e. The van der Waals surface area contributed by atoms with Crippen LogP contribution in [0.3, 0.4) is 0 Å². The smallest absolute Gasteiger partial charge is 0.0272 e. The Labute approximate surface area is 108 Å². The van der Waals surface area contributed by atoms with Crippen molar-refractivity contribution in [2.24, 2.45) is 5.41 Å². The lowest BCUT2D eigenvalue weighted by Gasteiger charge is -2.52. The molecule has 2 atom stereocenters. The summed E-state index contributed by atoms with van der Waals surface area (Å²) in [5.74, 6) is 0.